The van der Waals surface area contributed by atoms with Crippen molar-refractivity contribution in [2.75, 3.05) is 6.61 Å². The molecule has 98 valence electrons. The van der Waals surface area contributed by atoms with Crippen LogP contribution in [0, 0.1) is 0 Å². The lowest BCUT2D eigenvalue weighted by atomic mass is 10.2. The smallest absolute Gasteiger partial charge is 0.374 e. The van der Waals surface area contributed by atoms with Gasteiger partial charge in [0.05, 0.1) is 6.26 Å². The summed E-state index contributed by atoms with van der Waals surface area (Å²) in [5.74, 6) is -0.931. The van der Waals surface area contributed by atoms with Gasteiger partial charge in [0.2, 0.25) is 5.76 Å². The van der Waals surface area contributed by atoms with Crippen molar-refractivity contribution in [2.24, 2.45) is 0 Å². The molecule has 2 aromatic rings. The van der Waals surface area contributed by atoms with Crippen molar-refractivity contribution in [3.05, 3.63) is 60.1 Å². The SMILES string of the molecule is O=C(COC(=O)c1ccco1)NCc1ccccc1. The van der Waals surface area contributed by atoms with Gasteiger partial charge in [0, 0.05) is 6.54 Å². The molecular weight excluding hydrogens is 246 g/mol. The van der Waals surface area contributed by atoms with Gasteiger partial charge in [0.15, 0.2) is 6.61 Å². The zero-order valence-corrected chi connectivity index (χ0v) is 10.2. The highest BCUT2D eigenvalue weighted by atomic mass is 16.5. The molecule has 1 aromatic carbocycles. The lowest BCUT2D eigenvalue weighted by Crippen LogP contribution is -2.28. The molecule has 0 fully saturated rings. The van der Waals surface area contributed by atoms with Gasteiger partial charge in [-0.2, -0.15) is 0 Å². The van der Waals surface area contributed by atoms with Crippen LogP contribution in [-0.4, -0.2) is 18.5 Å². The van der Waals surface area contributed by atoms with E-state index in [1.54, 1.807) is 6.07 Å². The Morgan fingerprint density at radius 2 is 1.89 bits per heavy atom. The van der Waals surface area contributed by atoms with E-state index in [4.69, 9.17) is 9.15 Å². The van der Waals surface area contributed by atoms with Crippen LogP contribution >= 0.6 is 0 Å². The average Bonchev–Trinajstić information content (AvgIpc) is 2.98. The van der Waals surface area contributed by atoms with E-state index in [1.807, 2.05) is 30.3 Å². The molecule has 1 amide bonds. The van der Waals surface area contributed by atoms with Crippen LogP contribution in [0.1, 0.15) is 16.1 Å². The third-order valence-corrected chi connectivity index (χ3v) is 2.39. The number of furan rings is 1. The summed E-state index contributed by atoms with van der Waals surface area (Å²) in [5.41, 5.74) is 0.980. The van der Waals surface area contributed by atoms with Crippen LogP contribution in [-0.2, 0) is 16.1 Å². The van der Waals surface area contributed by atoms with Crippen LogP contribution in [0.4, 0.5) is 0 Å². The summed E-state index contributed by atoms with van der Waals surface area (Å²) in [7, 11) is 0. The van der Waals surface area contributed by atoms with Gasteiger partial charge < -0.3 is 14.5 Å². The predicted molar refractivity (Wildman–Crippen MR) is 67.3 cm³/mol. The van der Waals surface area contributed by atoms with E-state index in [1.165, 1.54) is 12.3 Å². The first-order valence-electron chi connectivity index (χ1n) is 5.77. The summed E-state index contributed by atoms with van der Waals surface area (Å²) < 4.78 is 9.64. The maximum absolute atomic E-state index is 11.5. The number of hydrogen-bond donors (Lipinski definition) is 1. The fourth-order valence-electron chi connectivity index (χ4n) is 1.44. The third kappa shape index (κ3) is 3.99. The van der Waals surface area contributed by atoms with Crippen LogP contribution in [0.3, 0.4) is 0 Å². The second kappa shape index (κ2) is 6.39. The van der Waals surface area contributed by atoms with Crippen LogP contribution in [0.2, 0.25) is 0 Å². The monoisotopic (exact) mass is 259 g/mol. The number of ether oxygens (including phenoxy) is 1. The molecule has 0 spiro atoms. The van der Waals surface area contributed by atoms with Crippen molar-refractivity contribution >= 4 is 11.9 Å². The highest BCUT2D eigenvalue weighted by molar-refractivity contribution is 5.88. The van der Waals surface area contributed by atoms with Gasteiger partial charge in [-0.15, -0.1) is 0 Å². The highest BCUT2D eigenvalue weighted by Crippen LogP contribution is 2.02. The second-order valence-corrected chi connectivity index (χ2v) is 3.82. The molecule has 0 radical (unpaired) electrons. The Bertz CT molecular complexity index is 534. The normalized spacial score (nSPS) is 9.89. The molecule has 1 N–H and O–H groups in total. The molecule has 0 aliphatic carbocycles. The molecule has 0 saturated carbocycles. The van der Waals surface area contributed by atoms with Crippen LogP contribution in [0.25, 0.3) is 0 Å². The number of nitrogens with one attached hydrogen (secondary N) is 1. The zero-order valence-electron chi connectivity index (χ0n) is 10.2. The first-order chi connectivity index (χ1) is 9.25. The minimum Gasteiger partial charge on any atom is -0.457 e. The molecule has 5 heteroatoms. The van der Waals surface area contributed by atoms with Crippen LogP contribution in [0.5, 0.6) is 0 Å². The molecule has 19 heavy (non-hydrogen) atoms. The lowest BCUT2D eigenvalue weighted by molar-refractivity contribution is -0.124. The first kappa shape index (κ1) is 12.9. The summed E-state index contributed by atoms with van der Waals surface area (Å²) in [6.45, 7) is 0.0738. The number of hydrogen-bond acceptors (Lipinski definition) is 4. The number of benzene rings is 1. The van der Waals surface area contributed by atoms with Crippen molar-refractivity contribution in [3.63, 3.8) is 0 Å². The number of carbonyl (C=O) groups excluding carboxylic acids is 2. The molecule has 0 bridgehead atoms. The Hall–Kier alpha value is -2.56. The molecule has 0 atom stereocenters. The maximum Gasteiger partial charge on any atom is 0.374 e. The first-order valence-corrected chi connectivity index (χ1v) is 5.77. The molecule has 2 rings (SSSR count). The lowest BCUT2D eigenvalue weighted by Gasteiger charge is -2.05. The van der Waals surface area contributed by atoms with Crippen molar-refractivity contribution in [2.45, 2.75) is 6.54 Å². The summed E-state index contributed by atoms with van der Waals surface area (Å²) in [6, 6.07) is 12.5. The van der Waals surface area contributed by atoms with Gasteiger partial charge in [-0.1, -0.05) is 30.3 Å². The van der Waals surface area contributed by atoms with Gasteiger partial charge in [-0.25, -0.2) is 4.79 Å². The molecule has 1 aromatic heterocycles. The standard InChI is InChI=1S/C14H13NO4/c16-13(15-9-11-5-2-1-3-6-11)10-19-14(17)12-7-4-8-18-12/h1-8H,9-10H2,(H,15,16). The van der Waals surface area contributed by atoms with E-state index < -0.39 is 5.97 Å². The number of carbonyl (C=O) groups is 2. The topological polar surface area (TPSA) is 68.5 Å². The van der Waals surface area contributed by atoms with Gasteiger partial charge in [0.25, 0.3) is 5.91 Å². The van der Waals surface area contributed by atoms with Gasteiger partial charge in [0.1, 0.15) is 0 Å². The molecule has 1 heterocycles. The second-order valence-electron chi connectivity index (χ2n) is 3.82. The highest BCUT2D eigenvalue weighted by Gasteiger charge is 2.12. The molecule has 0 aliphatic rings. The van der Waals surface area contributed by atoms with E-state index >= 15 is 0 Å². The zero-order chi connectivity index (χ0) is 13.5. The van der Waals surface area contributed by atoms with Gasteiger partial charge >= 0.3 is 5.97 Å². The molecule has 0 aliphatic heterocycles. The van der Waals surface area contributed by atoms with Crippen molar-refractivity contribution in [3.8, 4) is 0 Å². The summed E-state index contributed by atoms with van der Waals surface area (Å²) >= 11 is 0. The number of amides is 1. The predicted octanol–water partition coefficient (Wildman–Crippen LogP) is 1.75. The summed E-state index contributed by atoms with van der Waals surface area (Å²) in [4.78, 5) is 22.9. The Kier molecular flexibility index (Phi) is 4.34. The van der Waals surface area contributed by atoms with E-state index in [9.17, 15) is 9.59 Å². The number of esters is 1. The van der Waals surface area contributed by atoms with Crippen LogP contribution in [0.15, 0.2) is 53.1 Å². The minimum atomic E-state index is -0.653. The average molecular weight is 259 g/mol. The third-order valence-electron chi connectivity index (χ3n) is 2.39. The molecule has 0 unspecified atom stereocenters. The molecule has 0 saturated heterocycles. The van der Waals surface area contributed by atoms with Gasteiger partial charge in [-0.05, 0) is 17.7 Å². The quantitative estimate of drug-likeness (QED) is 0.831. The molecule has 5 nitrogen and oxygen atoms in total. The Morgan fingerprint density at radius 1 is 1.11 bits per heavy atom. The largest absolute Gasteiger partial charge is 0.457 e. The van der Waals surface area contributed by atoms with Crippen molar-refractivity contribution in [1.29, 1.82) is 0 Å². The van der Waals surface area contributed by atoms with E-state index in [-0.39, 0.29) is 18.3 Å². The van der Waals surface area contributed by atoms with E-state index in [2.05, 4.69) is 5.32 Å². The Morgan fingerprint density at radius 3 is 2.58 bits per heavy atom. The van der Waals surface area contributed by atoms with Crippen molar-refractivity contribution < 1.29 is 18.7 Å². The Balaban J connectivity index is 1.72. The summed E-state index contributed by atoms with van der Waals surface area (Å²) in [5, 5.41) is 2.65. The fraction of sp³-hybridized carbons (Fsp3) is 0.143. The van der Waals surface area contributed by atoms with E-state index in [0.29, 0.717) is 6.54 Å². The fourth-order valence-corrected chi connectivity index (χ4v) is 1.44. The maximum atomic E-state index is 11.5. The van der Waals surface area contributed by atoms with Crippen molar-refractivity contribution in [1.82, 2.24) is 5.32 Å². The summed E-state index contributed by atoms with van der Waals surface area (Å²) in [6.07, 6.45) is 1.37. The van der Waals surface area contributed by atoms with Crippen LogP contribution < -0.4 is 5.32 Å². The molecular formula is C14H13NO4. The number of rotatable bonds is 5. The van der Waals surface area contributed by atoms with Gasteiger partial charge in [-0.3, -0.25) is 4.79 Å². The van der Waals surface area contributed by atoms with E-state index in [0.717, 1.165) is 5.56 Å². The minimum absolute atomic E-state index is 0.0795. The Labute approximate surface area is 110 Å².